The fourth-order valence-electron chi connectivity index (χ4n) is 1.84. The Morgan fingerprint density at radius 3 is 2.35 bits per heavy atom. The third-order valence-corrected chi connectivity index (χ3v) is 2.78. The summed E-state index contributed by atoms with van der Waals surface area (Å²) in [6.45, 7) is 0. The summed E-state index contributed by atoms with van der Waals surface area (Å²) < 4.78 is 15.6. The van der Waals surface area contributed by atoms with Crippen LogP contribution in [0.2, 0.25) is 0 Å². The van der Waals surface area contributed by atoms with Gasteiger partial charge >= 0.3 is 5.97 Å². The summed E-state index contributed by atoms with van der Waals surface area (Å²) in [7, 11) is 4.40. The molecule has 0 radical (unpaired) electrons. The van der Waals surface area contributed by atoms with Crippen molar-refractivity contribution in [3.63, 3.8) is 0 Å². The smallest absolute Gasteiger partial charge is 0.326 e. The minimum absolute atomic E-state index is 0.0671. The Balaban J connectivity index is 3.17. The number of hydrogen-bond donors (Lipinski definition) is 2. The maximum Gasteiger partial charge on any atom is 0.326 e. The Morgan fingerprint density at radius 1 is 1.25 bits per heavy atom. The third kappa shape index (κ3) is 3.31. The number of benzene rings is 1. The van der Waals surface area contributed by atoms with Crippen molar-refractivity contribution in [2.24, 2.45) is 0 Å². The van der Waals surface area contributed by atoms with Gasteiger partial charge in [-0.25, -0.2) is 4.79 Å². The average Bonchev–Trinajstić information content (AvgIpc) is 2.45. The van der Waals surface area contributed by atoms with E-state index in [-0.39, 0.29) is 6.42 Å². The number of ether oxygens (including phenoxy) is 3. The first-order chi connectivity index (χ1) is 9.58. The maximum atomic E-state index is 11.1. The summed E-state index contributed by atoms with van der Waals surface area (Å²) in [6.07, 6.45) is 0.420. The van der Waals surface area contributed by atoms with Crippen molar-refractivity contribution in [1.82, 2.24) is 5.32 Å². The van der Waals surface area contributed by atoms with Gasteiger partial charge in [0.25, 0.3) is 0 Å². The molecule has 1 aromatic rings. The molecule has 0 aromatic heterocycles. The lowest BCUT2D eigenvalue weighted by Crippen LogP contribution is -2.37. The molecule has 7 nitrogen and oxygen atoms in total. The molecule has 0 bridgehead atoms. The third-order valence-electron chi connectivity index (χ3n) is 2.78. The zero-order valence-corrected chi connectivity index (χ0v) is 11.5. The largest absolute Gasteiger partial charge is 0.493 e. The molecule has 1 amide bonds. The van der Waals surface area contributed by atoms with E-state index in [0.29, 0.717) is 29.2 Å². The molecule has 0 saturated heterocycles. The number of methoxy groups -OCH3 is 3. The number of nitrogens with one attached hydrogen (secondary N) is 1. The van der Waals surface area contributed by atoms with Gasteiger partial charge in [-0.3, -0.25) is 4.79 Å². The van der Waals surface area contributed by atoms with Crippen molar-refractivity contribution >= 4 is 12.4 Å². The minimum atomic E-state index is -1.13. The lowest BCUT2D eigenvalue weighted by molar-refractivity contribution is -0.140. The average molecular weight is 283 g/mol. The van der Waals surface area contributed by atoms with Gasteiger partial charge in [0, 0.05) is 12.0 Å². The molecule has 0 saturated carbocycles. The molecule has 0 spiro atoms. The van der Waals surface area contributed by atoms with Gasteiger partial charge < -0.3 is 24.6 Å². The highest BCUT2D eigenvalue weighted by Crippen LogP contribution is 2.40. The Kier molecular flexibility index (Phi) is 5.64. The van der Waals surface area contributed by atoms with E-state index >= 15 is 0 Å². The van der Waals surface area contributed by atoms with E-state index in [2.05, 4.69) is 5.32 Å². The summed E-state index contributed by atoms with van der Waals surface area (Å²) in [5.41, 5.74) is 0.590. The highest BCUT2D eigenvalue weighted by Gasteiger charge is 2.22. The first kappa shape index (κ1) is 15.6. The lowest BCUT2D eigenvalue weighted by Gasteiger charge is -2.18. The van der Waals surface area contributed by atoms with Crippen molar-refractivity contribution in [3.05, 3.63) is 17.7 Å². The molecule has 1 unspecified atom stereocenters. The van der Waals surface area contributed by atoms with Crippen molar-refractivity contribution in [2.45, 2.75) is 12.5 Å². The summed E-state index contributed by atoms with van der Waals surface area (Å²) in [5, 5.41) is 11.3. The number of aliphatic carboxylic acids is 1. The van der Waals surface area contributed by atoms with Gasteiger partial charge in [0.1, 0.15) is 6.04 Å². The lowest BCUT2D eigenvalue weighted by atomic mass is 10.0. The van der Waals surface area contributed by atoms with Crippen LogP contribution in [0.15, 0.2) is 12.1 Å². The predicted octanol–water partition coefficient (Wildman–Crippen LogP) is 0.454. The molecule has 20 heavy (non-hydrogen) atoms. The molecule has 2 N–H and O–H groups in total. The van der Waals surface area contributed by atoms with Crippen LogP contribution in [0, 0.1) is 0 Å². The van der Waals surface area contributed by atoms with E-state index in [1.165, 1.54) is 21.3 Å². The van der Waals surface area contributed by atoms with Gasteiger partial charge in [-0.05, 0) is 6.07 Å². The summed E-state index contributed by atoms with van der Waals surface area (Å²) in [4.78, 5) is 21.5. The van der Waals surface area contributed by atoms with E-state index < -0.39 is 12.0 Å². The summed E-state index contributed by atoms with van der Waals surface area (Å²) in [6, 6.07) is 2.28. The SMILES string of the molecule is COc1ccc(CC(NC=O)C(=O)O)c(OC)c1OC. The molecule has 1 aromatic carbocycles. The van der Waals surface area contributed by atoms with Crippen LogP contribution in [-0.4, -0.2) is 44.9 Å². The predicted molar refractivity (Wildman–Crippen MR) is 70.4 cm³/mol. The Labute approximate surface area is 116 Å². The van der Waals surface area contributed by atoms with Gasteiger partial charge in [-0.2, -0.15) is 0 Å². The number of hydrogen-bond acceptors (Lipinski definition) is 5. The standard InChI is InChI=1S/C13H17NO6/c1-18-10-5-4-8(11(19-2)12(10)20-3)6-9(13(16)17)14-7-15/h4-5,7,9H,6H2,1-3H3,(H,14,15)(H,16,17). The van der Waals surface area contributed by atoms with Crippen molar-refractivity contribution in [1.29, 1.82) is 0 Å². The Morgan fingerprint density at radius 2 is 1.90 bits per heavy atom. The van der Waals surface area contributed by atoms with E-state index in [1.54, 1.807) is 12.1 Å². The molecule has 7 heteroatoms. The molecule has 0 heterocycles. The fourth-order valence-corrected chi connectivity index (χ4v) is 1.84. The molecule has 0 aliphatic rings. The van der Waals surface area contributed by atoms with Crippen LogP contribution in [0.25, 0.3) is 0 Å². The maximum absolute atomic E-state index is 11.1. The number of carbonyl (C=O) groups is 2. The topological polar surface area (TPSA) is 94.1 Å². The Hall–Kier alpha value is -2.44. The highest BCUT2D eigenvalue weighted by atomic mass is 16.5. The molecule has 0 fully saturated rings. The van der Waals surface area contributed by atoms with Crippen molar-refractivity contribution in [3.8, 4) is 17.2 Å². The van der Waals surface area contributed by atoms with Crippen LogP contribution in [0.5, 0.6) is 17.2 Å². The zero-order valence-electron chi connectivity index (χ0n) is 11.5. The van der Waals surface area contributed by atoms with Gasteiger partial charge in [0.15, 0.2) is 11.5 Å². The number of carboxylic acids is 1. The normalized spacial score (nSPS) is 11.3. The van der Waals surface area contributed by atoms with Crippen LogP contribution in [0.4, 0.5) is 0 Å². The van der Waals surface area contributed by atoms with E-state index in [4.69, 9.17) is 19.3 Å². The van der Waals surface area contributed by atoms with Gasteiger partial charge in [-0.15, -0.1) is 0 Å². The zero-order chi connectivity index (χ0) is 15.1. The molecule has 1 atom stereocenters. The van der Waals surface area contributed by atoms with Crippen molar-refractivity contribution < 1.29 is 28.9 Å². The van der Waals surface area contributed by atoms with E-state index in [9.17, 15) is 9.59 Å². The molecule has 110 valence electrons. The van der Waals surface area contributed by atoms with Crippen LogP contribution in [0.3, 0.4) is 0 Å². The monoisotopic (exact) mass is 283 g/mol. The van der Waals surface area contributed by atoms with Gasteiger partial charge in [0.05, 0.1) is 21.3 Å². The quantitative estimate of drug-likeness (QED) is 0.673. The van der Waals surface area contributed by atoms with Crippen molar-refractivity contribution in [2.75, 3.05) is 21.3 Å². The summed E-state index contributed by atoms with van der Waals surface area (Å²) >= 11 is 0. The first-order valence-corrected chi connectivity index (χ1v) is 5.79. The van der Waals surface area contributed by atoms with Crippen LogP contribution in [-0.2, 0) is 16.0 Å². The van der Waals surface area contributed by atoms with Gasteiger partial charge in [0.2, 0.25) is 12.2 Å². The molecule has 1 rings (SSSR count). The van der Waals surface area contributed by atoms with Crippen LogP contribution in [0.1, 0.15) is 5.56 Å². The highest BCUT2D eigenvalue weighted by molar-refractivity contribution is 5.77. The minimum Gasteiger partial charge on any atom is -0.493 e. The van der Waals surface area contributed by atoms with Gasteiger partial charge in [-0.1, -0.05) is 6.07 Å². The number of amides is 1. The fraction of sp³-hybridized carbons (Fsp3) is 0.385. The van der Waals surface area contributed by atoms with Crippen LogP contribution >= 0.6 is 0 Å². The number of rotatable bonds is 8. The molecule has 0 aliphatic carbocycles. The Bertz CT molecular complexity index is 488. The first-order valence-electron chi connectivity index (χ1n) is 5.79. The number of carbonyl (C=O) groups excluding carboxylic acids is 1. The van der Waals surface area contributed by atoms with E-state index in [1.807, 2.05) is 0 Å². The molecular formula is C13H17NO6. The second kappa shape index (κ2) is 7.22. The van der Waals surface area contributed by atoms with E-state index in [0.717, 1.165) is 0 Å². The molecule has 0 aliphatic heterocycles. The summed E-state index contributed by atoms with van der Waals surface area (Å²) in [5.74, 6) is 0.103. The second-order valence-electron chi connectivity index (χ2n) is 3.87. The second-order valence-corrected chi connectivity index (χ2v) is 3.87. The molecular weight excluding hydrogens is 266 g/mol. The van der Waals surface area contributed by atoms with Crippen LogP contribution < -0.4 is 19.5 Å². The number of carboxylic acid groups (broad SMARTS) is 1.